The summed E-state index contributed by atoms with van der Waals surface area (Å²) >= 11 is 5.80. The van der Waals surface area contributed by atoms with Gasteiger partial charge in [0, 0.05) is 10.7 Å². The molecule has 20 heavy (non-hydrogen) atoms. The Morgan fingerprint density at radius 3 is 2.55 bits per heavy atom. The topological polar surface area (TPSA) is 69.4 Å². The zero-order valence-electron chi connectivity index (χ0n) is 10.8. The van der Waals surface area contributed by atoms with Crippen LogP contribution in [0.1, 0.15) is 5.56 Å². The molecule has 0 radical (unpaired) electrons. The van der Waals surface area contributed by atoms with Gasteiger partial charge in [-0.05, 0) is 29.8 Å². The standard InChI is InChI=1S/C14H14ClNO3S/c1-19-13-4-2-3-5-14(13)20(17,18)9-10-6-7-11(15)8-12(10)16/h2-8H,9,16H2,1H3. The van der Waals surface area contributed by atoms with Crippen molar-refractivity contribution in [2.24, 2.45) is 0 Å². The van der Waals surface area contributed by atoms with Crippen molar-refractivity contribution in [2.45, 2.75) is 10.6 Å². The normalized spacial score (nSPS) is 11.3. The first-order valence-corrected chi connectivity index (χ1v) is 7.87. The van der Waals surface area contributed by atoms with Crippen LogP contribution in [0.3, 0.4) is 0 Å². The Kier molecular flexibility index (Phi) is 4.20. The third-order valence-electron chi connectivity index (χ3n) is 2.86. The molecule has 2 aromatic carbocycles. The maximum absolute atomic E-state index is 12.4. The monoisotopic (exact) mass is 311 g/mol. The molecular formula is C14H14ClNO3S. The predicted octanol–water partition coefficient (Wildman–Crippen LogP) is 2.90. The Bertz CT molecular complexity index is 729. The SMILES string of the molecule is COc1ccccc1S(=O)(=O)Cc1ccc(Cl)cc1N. The van der Waals surface area contributed by atoms with E-state index in [0.717, 1.165) is 0 Å². The van der Waals surface area contributed by atoms with Gasteiger partial charge in [0.05, 0.1) is 12.9 Å². The molecular weight excluding hydrogens is 298 g/mol. The lowest BCUT2D eigenvalue weighted by Crippen LogP contribution is -2.08. The largest absolute Gasteiger partial charge is 0.495 e. The molecule has 0 atom stereocenters. The molecule has 2 aromatic rings. The number of ether oxygens (including phenoxy) is 1. The van der Waals surface area contributed by atoms with E-state index in [1.807, 2.05) is 0 Å². The second-order valence-electron chi connectivity index (χ2n) is 4.25. The Morgan fingerprint density at radius 1 is 1.20 bits per heavy atom. The number of sulfone groups is 1. The second kappa shape index (κ2) is 5.73. The minimum atomic E-state index is -3.54. The second-order valence-corrected chi connectivity index (χ2v) is 6.65. The number of anilines is 1. The first-order chi connectivity index (χ1) is 9.44. The zero-order valence-corrected chi connectivity index (χ0v) is 12.4. The molecule has 0 aliphatic rings. The first kappa shape index (κ1) is 14.7. The van der Waals surface area contributed by atoms with Gasteiger partial charge in [0.25, 0.3) is 0 Å². The molecule has 0 aromatic heterocycles. The van der Waals surface area contributed by atoms with Crippen LogP contribution in [-0.2, 0) is 15.6 Å². The predicted molar refractivity (Wildman–Crippen MR) is 79.7 cm³/mol. The average Bonchev–Trinajstić information content (AvgIpc) is 2.42. The van der Waals surface area contributed by atoms with Gasteiger partial charge in [-0.2, -0.15) is 0 Å². The van der Waals surface area contributed by atoms with Gasteiger partial charge in [-0.15, -0.1) is 0 Å². The van der Waals surface area contributed by atoms with Gasteiger partial charge in [-0.25, -0.2) is 8.42 Å². The summed E-state index contributed by atoms with van der Waals surface area (Å²) in [5.41, 5.74) is 6.67. The van der Waals surface area contributed by atoms with E-state index < -0.39 is 9.84 Å². The fourth-order valence-corrected chi connectivity index (χ4v) is 3.61. The van der Waals surface area contributed by atoms with Crippen LogP contribution in [-0.4, -0.2) is 15.5 Å². The Labute approximate surface area is 123 Å². The number of halogens is 1. The number of benzene rings is 2. The summed E-state index contributed by atoms with van der Waals surface area (Å²) in [6, 6.07) is 11.3. The summed E-state index contributed by atoms with van der Waals surface area (Å²) in [6.07, 6.45) is 0. The van der Waals surface area contributed by atoms with Gasteiger partial charge < -0.3 is 10.5 Å². The number of para-hydroxylation sites is 1. The van der Waals surface area contributed by atoms with Crippen LogP contribution in [0.15, 0.2) is 47.4 Å². The molecule has 0 fully saturated rings. The molecule has 0 bridgehead atoms. The van der Waals surface area contributed by atoms with E-state index in [9.17, 15) is 8.42 Å². The Balaban J connectivity index is 2.41. The number of hydrogen-bond acceptors (Lipinski definition) is 4. The maximum atomic E-state index is 12.4. The van der Waals surface area contributed by atoms with Crippen molar-refractivity contribution in [3.05, 3.63) is 53.1 Å². The van der Waals surface area contributed by atoms with Crippen LogP contribution in [0.25, 0.3) is 0 Å². The summed E-state index contributed by atoms with van der Waals surface area (Å²) in [7, 11) is -2.10. The number of hydrogen-bond donors (Lipinski definition) is 1. The molecule has 0 amide bonds. The number of rotatable bonds is 4. The lowest BCUT2D eigenvalue weighted by Gasteiger charge is -2.10. The molecule has 0 saturated carbocycles. The van der Waals surface area contributed by atoms with E-state index in [1.165, 1.54) is 19.2 Å². The highest BCUT2D eigenvalue weighted by Gasteiger charge is 2.20. The molecule has 0 aliphatic carbocycles. The lowest BCUT2D eigenvalue weighted by molar-refractivity contribution is 0.402. The Morgan fingerprint density at radius 2 is 1.90 bits per heavy atom. The number of methoxy groups -OCH3 is 1. The summed E-state index contributed by atoms with van der Waals surface area (Å²) in [6.45, 7) is 0. The smallest absolute Gasteiger partial charge is 0.186 e. The molecule has 2 rings (SSSR count). The molecule has 2 N–H and O–H groups in total. The number of nitrogen functional groups attached to an aromatic ring is 1. The van der Waals surface area contributed by atoms with Crippen molar-refractivity contribution in [2.75, 3.05) is 12.8 Å². The van der Waals surface area contributed by atoms with E-state index in [0.29, 0.717) is 22.0 Å². The highest BCUT2D eigenvalue weighted by Crippen LogP contribution is 2.28. The van der Waals surface area contributed by atoms with E-state index in [-0.39, 0.29) is 10.6 Å². The van der Waals surface area contributed by atoms with Crippen LogP contribution >= 0.6 is 11.6 Å². The summed E-state index contributed by atoms with van der Waals surface area (Å²) in [4.78, 5) is 0.150. The van der Waals surface area contributed by atoms with Gasteiger partial charge in [0.2, 0.25) is 0 Å². The quantitative estimate of drug-likeness (QED) is 0.881. The van der Waals surface area contributed by atoms with Crippen LogP contribution in [0, 0.1) is 0 Å². The molecule has 4 nitrogen and oxygen atoms in total. The van der Waals surface area contributed by atoms with E-state index in [1.54, 1.807) is 30.3 Å². The third-order valence-corrected chi connectivity index (χ3v) is 4.79. The number of nitrogens with two attached hydrogens (primary N) is 1. The van der Waals surface area contributed by atoms with E-state index >= 15 is 0 Å². The molecule has 0 unspecified atom stereocenters. The minimum Gasteiger partial charge on any atom is -0.495 e. The van der Waals surface area contributed by atoms with Gasteiger partial charge >= 0.3 is 0 Å². The Hall–Kier alpha value is -1.72. The highest BCUT2D eigenvalue weighted by atomic mass is 35.5. The maximum Gasteiger partial charge on any atom is 0.186 e. The van der Waals surface area contributed by atoms with E-state index in [2.05, 4.69) is 0 Å². The van der Waals surface area contributed by atoms with Crippen molar-refractivity contribution < 1.29 is 13.2 Å². The van der Waals surface area contributed by atoms with Crippen LogP contribution in [0.2, 0.25) is 5.02 Å². The van der Waals surface area contributed by atoms with Crippen LogP contribution < -0.4 is 10.5 Å². The molecule has 0 aliphatic heterocycles. The molecule has 6 heteroatoms. The van der Waals surface area contributed by atoms with Crippen molar-refractivity contribution in [3.63, 3.8) is 0 Å². The van der Waals surface area contributed by atoms with E-state index in [4.69, 9.17) is 22.1 Å². The summed E-state index contributed by atoms with van der Waals surface area (Å²) in [5.74, 6) is 0.121. The van der Waals surface area contributed by atoms with Gasteiger partial charge in [-0.3, -0.25) is 0 Å². The molecule has 0 saturated heterocycles. The van der Waals surface area contributed by atoms with Crippen LogP contribution in [0.5, 0.6) is 5.75 Å². The lowest BCUT2D eigenvalue weighted by atomic mass is 10.2. The summed E-state index contributed by atoms with van der Waals surface area (Å²) < 4.78 is 30.0. The van der Waals surface area contributed by atoms with Crippen molar-refractivity contribution in [1.82, 2.24) is 0 Å². The van der Waals surface area contributed by atoms with Crippen molar-refractivity contribution >= 4 is 27.1 Å². The zero-order chi connectivity index (χ0) is 14.8. The third kappa shape index (κ3) is 3.05. The van der Waals surface area contributed by atoms with Gasteiger partial charge in [-0.1, -0.05) is 29.8 Å². The van der Waals surface area contributed by atoms with Gasteiger partial charge in [0.1, 0.15) is 10.6 Å². The fraction of sp³-hybridized carbons (Fsp3) is 0.143. The average molecular weight is 312 g/mol. The minimum absolute atomic E-state index is 0.150. The molecule has 0 spiro atoms. The van der Waals surface area contributed by atoms with Crippen molar-refractivity contribution in [1.29, 1.82) is 0 Å². The first-order valence-electron chi connectivity index (χ1n) is 5.84. The summed E-state index contributed by atoms with van der Waals surface area (Å²) in [5, 5.41) is 0.473. The molecule has 0 heterocycles. The molecule has 106 valence electrons. The van der Waals surface area contributed by atoms with Crippen LogP contribution in [0.4, 0.5) is 5.69 Å². The fourth-order valence-electron chi connectivity index (χ4n) is 1.86. The van der Waals surface area contributed by atoms with Gasteiger partial charge in [0.15, 0.2) is 9.84 Å². The van der Waals surface area contributed by atoms with Crippen molar-refractivity contribution in [3.8, 4) is 5.75 Å². The highest BCUT2D eigenvalue weighted by molar-refractivity contribution is 7.90.